The van der Waals surface area contributed by atoms with E-state index in [0.29, 0.717) is 11.3 Å². The molecule has 0 saturated carbocycles. The van der Waals surface area contributed by atoms with Crippen molar-refractivity contribution in [3.05, 3.63) is 46.9 Å². The number of amides is 1. The molecular weight excluding hydrogens is 408 g/mol. The van der Waals surface area contributed by atoms with Gasteiger partial charge >= 0.3 is 6.18 Å². The first-order valence-corrected chi connectivity index (χ1v) is 9.72. The lowest BCUT2D eigenvalue weighted by atomic mass is 10.1. The van der Waals surface area contributed by atoms with E-state index in [9.17, 15) is 22.4 Å². The van der Waals surface area contributed by atoms with Gasteiger partial charge in [0.25, 0.3) is 0 Å². The molecule has 0 radical (unpaired) electrons. The molecule has 10 heteroatoms. The second kappa shape index (κ2) is 8.32. The van der Waals surface area contributed by atoms with Crippen LogP contribution in [0.4, 0.5) is 17.6 Å². The number of alkyl halides is 3. The SMILES string of the molecule is CCCC(C)NC(=O)/C=C/c1c(-c2ccccc2F)nc2sc(C(F)(F)F)nn12. The van der Waals surface area contributed by atoms with Crippen LogP contribution >= 0.6 is 11.3 Å². The number of hydrogen-bond acceptors (Lipinski definition) is 4. The Labute approximate surface area is 168 Å². The van der Waals surface area contributed by atoms with E-state index in [1.165, 1.54) is 30.4 Å². The Kier molecular flexibility index (Phi) is 6.02. The molecule has 3 rings (SSSR count). The van der Waals surface area contributed by atoms with Crippen molar-refractivity contribution in [2.75, 3.05) is 0 Å². The van der Waals surface area contributed by atoms with Gasteiger partial charge < -0.3 is 5.32 Å². The summed E-state index contributed by atoms with van der Waals surface area (Å²) in [6.07, 6.45) is -0.456. The number of aromatic nitrogens is 3. The van der Waals surface area contributed by atoms with E-state index in [2.05, 4.69) is 15.4 Å². The zero-order chi connectivity index (χ0) is 21.2. The van der Waals surface area contributed by atoms with Gasteiger partial charge in [-0.15, -0.1) is 5.10 Å². The van der Waals surface area contributed by atoms with Gasteiger partial charge in [-0.1, -0.05) is 36.8 Å². The molecule has 154 valence electrons. The monoisotopic (exact) mass is 426 g/mol. The summed E-state index contributed by atoms with van der Waals surface area (Å²) in [4.78, 5) is 16.2. The lowest BCUT2D eigenvalue weighted by molar-refractivity contribution is -0.138. The third-order valence-electron chi connectivity index (χ3n) is 4.11. The van der Waals surface area contributed by atoms with E-state index in [4.69, 9.17) is 0 Å². The molecule has 0 bridgehead atoms. The largest absolute Gasteiger partial charge is 0.445 e. The zero-order valence-corrected chi connectivity index (χ0v) is 16.4. The summed E-state index contributed by atoms with van der Waals surface area (Å²) in [6.45, 7) is 3.84. The van der Waals surface area contributed by atoms with Crippen LogP contribution in [-0.2, 0) is 11.0 Å². The van der Waals surface area contributed by atoms with Crippen molar-refractivity contribution >= 4 is 28.3 Å². The second-order valence-electron chi connectivity index (χ2n) is 6.46. The molecule has 3 aromatic rings. The number of carbonyl (C=O) groups is 1. The van der Waals surface area contributed by atoms with Crippen molar-refractivity contribution in [2.45, 2.75) is 38.9 Å². The average molecular weight is 426 g/mol. The fourth-order valence-corrected chi connectivity index (χ4v) is 3.60. The molecular formula is C19H18F4N4OS. The maximum Gasteiger partial charge on any atom is 0.445 e. The van der Waals surface area contributed by atoms with Crippen molar-refractivity contribution in [1.82, 2.24) is 19.9 Å². The summed E-state index contributed by atoms with van der Waals surface area (Å²) in [7, 11) is 0. The van der Waals surface area contributed by atoms with Crippen LogP contribution in [0, 0.1) is 5.82 Å². The molecule has 0 spiro atoms. The van der Waals surface area contributed by atoms with E-state index in [1.54, 1.807) is 6.07 Å². The Bertz CT molecular complexity index is 1050. The van der Waals surface area contributed by atoms with Gasteiger partial charge in [0, 0.05) is 17.7 Å². The fraction of sp³-hybridized carbons (Fsp3) is 0.316. The predicted molar refractivity (Wildman–Crippen MR) is 103 cm³/mol. The maximum atomic E-state index is 14.3. The van der Waals surface area contributed by atoms with Gasteiger partial charge in [-0.25, -0.2) is 13.9 Å². The molecule has 29 heavy (non-hydrogen) atoms. The standard InChI is InChI=1S/C19H18F4N4OS/c1-3-6-11(2)24-15(28)10-9-14-16(12-7-4-5-8-13(12)20)25-18-27(14)26-17(29-18)19(21,22)23/h4-5,7-11H,3,6H2,1-2H3,(H,24,28)/b10-9+. The molecule has 1 aromatic carbocycles. The van der Waals surface area contributed by atoms with Gasteiger partial charge in [0.1, 0.15) is 11.5 Å². The van der Waals surface area contributed by atoms with E-state index in [1.807, 2.05) is 13.8 Å². The van der Waals surface area contributed by atoms with Crippen molar-refractivity contribution in [1.29, 1.82) is 0 Å². The number of carbonyl (C=O) groups excluding carboxylic acids is 1. The third kappa shape index (κ3) is 4.64. The number of halogens is 4. The number of fused-ring (bicyclic) bond motifs is 1. The van der Waals surface area contributed by atoms with Crippen molar-refractivity contribution < 1.29 is 22.4 Å². The first-order chi connectivity index (χ1) is 13.7. The molecule has 1 atom stereocenters. The summed E-state index contributed by atoms with van der Waals surface area (Å²) in [5, 5.41) is 5.26. The molecule has 0 fully saturated rings. The molecule has 0 aliphatic rings. The van der Waals surface area contributed by atoms with Crippen LogP contribution in [0.1, 0.15) is 37.4 Å². The van der Waals surface area contributed by atoms with Crippen LogP contribution in [0.5, 0.6) is 0 Å². The smallest absolute Gasteiger partial charge is 0.350 e. The predicted octanol–water partition coefficient (Wildman–Crippen LogP) is 4.93. The van der Waals surface area contributed by atoms with Crippen LogP contribution in [0.25, 0.3) is 22.3 Å². The molecule has 1 N–H and O–H groups in total. The highest BCUT2D eigenvalue weighted by atomic mass is 32.1. The number of nitrogens with one attached hydrogen (secondary N) is 1. The molecule has 1 amide bonds. The summed E-state index contributed by atoms with van der Waals surface area (Å²) < 4.78 is 54.3. The number of nitrogens with zero attached hydrogens (tertiary/aromatic N) is 3. The third-order valence-corrected chi connectivity index (χ3v) is 5.07. The van der Waals surface area contributed by atoms with E-state index >= 15 is 0 Å². The van der Waals surface area contributed by atoms with Gasteiger partial charge in [-0.2, -0.15) is 13.2 Å². The first-order valence-electron chi connectivity index (χ1n) is 8.91. The Hall–Kier alpha value is -2.75. The molecule has 0 saturated heterocycles. The average Bonchev–Trinajstić information content (AvgIpc) is 3.18. The Morgan fingerprint density at radius 1 is 1.34 bits per heavy atom. The van der Waals surface area contributed by atoms with E-state index in [-0.39, 0.29) is 28.0 Å². The molecule has 2 aromatic heterocycles. The Balaban J connectivity index is 2.05. The quantitative estimate of drug-likeness (QED) is 0.449. The van der Waals surface area contributed by atoms with Crippen LogP contribution in [0.3, 0.4) is 0 Å². The Morgan fingerprint density at radius 2 is 2.07 bits per heavy atom. The number of hydrogen-bond donors (Lipinski definition) is 1. The Morgan fingerprint density at radius 3 is 2.72 bits per heavy atom. The van der Waals surface area contributed by atoms with Crippen LogP contribution in [0.15, 0.2) is 30.3 Å². The van der Waals surface area contributed by atoms with Gasteiger partial charge in [-0.05, 0) is 31.6 Å². The van der Waals surface area contributed by atoms with Crippen LogP contribution in [0.2, 0.25) is 0 Å². The zero-order valence-electron chi connectivity index (χ0n) is 15.6. The van der Waals surface area contributed by atoms with Crippen molar-refractivity contribution in [2.24, 2.45) is 0 Å². The van der Waals surface area contributed by atoms with Gasteiger partial charge in [-0.3, -0.25) is 4.79 Å². The highest BCUT2D eigenvalue weighted by Gasteiger charge is 2.36. The van der Waals surface area contributed by atoms with Crippen LogP contribution < -0.4 is 5.32 Å². The highest BCUT2D eigenvalue weighted by Crippen LogP contribution is 2.35. The van der Waals surface area contributed by atoms with Gasteiger partial charge in [0.15, 0.2) is 0 Å². The van der Waals surface area contributed by atoms with E-state index < -0.39 is 22.9 Å². The minimum Gasteiger partial charge on any atom is -0.350 e. The summed E-state index contributed by atoms with van der Waals surface area (Å²) in [5.74, 6) is -0.989. The van der Waals surface area contributed by atoms with Crippen molar-refractivity contribution in [3.63, 3.8) is 0 Å². The number of benzene rings is 1. The van der Waals surface area contributed by atoms with Gasteiger partial charge in [0.2, 0.25) is 15.9 Å². The normalized spacial score (nSPS) is 13.3. The van der Waals surface area contributed by atoms with Crippen molar-refractivity contribution in [3.8, 4) is 11.3 Å². The lowest BCUT2D eigenvalue weighted by Crippen LogP contribution is -2.30. The van der Waals surface area contributed by atoms with Gasteiger partial charge in [0.05, 0.1) is 5.69 Å². The topological polar surface area (TPSA) is 59.3 Å². The second-order valence-corrected chi connectivity index (χ2v) is 7.41. The number of imidazole rings is 1. The minimum atomic E-state index is -4.63. The minimum absolute atomic E-state index is 0.0463. The molecule has 0 aliphatic carbocycles. The summed E-state index contributed by atoms with van der Waals surface area (Å²) in [6, 6.07) is 5.73. The first kappa shape index (κ1) is 21.0. The molecule has 5 nitrogen and oxygen atoms in total. The summed E-state index contributed by atoms with van der Waals surface area (Å²) >= 11 is 0.350. The molecule has 0 aliphatic heterocycles. The lowest BCUT2D eigenvalue weighted by Gasteiger charge is -2.10. The molecule has 2 heterocycles. The maximum absolute atomic E-state index is 14.3. The van der Waals surface area contributed by atoms with Crippen LogP contribution in [-0.4, -0.2) is 26.5 Å². The van der Waals surface area contributed by atoms with E-state index in [0.717, 1.165) is 17.4 Å². The fourth-order valence-electron chi connectivity index (χ4n) is 2.83. The summed E-state index contributed by atoms with van der Waals surface area (Å²) in [5.41, 5.74) is 0.314. The number of rotatable bonds is 6. The highest BCUT2D eigenvalue weighted by molar-refractivity contribution is 7.16. The molecule has 1 unspecified atom stereocenters.